The lowest BCUT2D eigenvalue weighted by Crippen LogP contribution is -2.07. The molecule has 2 rings (SSSR count). The van der Waals surface area contributed by atoms with Gasteiger partial charge in [-0.2, -0.15) is 0 Å². The lowest BCUT2D eigenvalue weighted by atomic mass is 9.93. The molecule has 19 heavy (non-hydrogen) atoms. The molecular formula is C17H18FN. The van der Waals surface area contributed by atoms with Crippen LogP contribution in [0.1, 0.15) is 30.4 Å². The van der Waals surface area contributed by atoms with Crippen LogP contribution in [0.25, 0.3) is 0 Å². The highest BCUT2D eigenvalue weighted by Gasteiger charge is 2.09. The molecule has 0 aromatic heterocycles. The number of nitrogens with one attached hydrogen (secondary N) is 1. The quantitative estimate of drug-likeness (QED) is 0.756. The predicted octanol–water partition coefficient (Wildman–Crippen LogP) is 4.58. The van der Waals surface area contributed by atoms with Crippen molar-refractivity contribution in [2.24, 2.45) is 0 Å². The maximum Gasteiger partial charge on any atom is 0.123 e. The zero-order valence-corrected chi connectivity index (χ0v) is 11.1. The van der Waals surface area contributed by atoms with E-state index in [1.165, 1.54) is 6.07 Å². The first-order valence-electron chi connectivity index (χ1n) is 6.51. The standard InChI is InChI=1S/C17H18FN/c1-13(15-8-5-9-16(18)12-15)10-17(19)11-14-6-3-2-4-7-14/h2-9,12-13,19H,10-11H2,1H3. The monoisotopic (exact) mass is 255 g/mol. The zero-order valence-electron chi connectivity index (χ0n) is 11.1. The van der Waals surface area contributed by atoms with Crippen molar-refractivity contribution >= 4 is 5.71 Å². The van der Waals surface area contributed by atoms with Crippen molar-refractivity contribution in [2.75, 3.05) is 0 Å². The maximum atomic E-state index is 13.2. The van der Waals surface area contributed by atoms with Crippen molar-refractivity contribution in [2.45, 2.75) is 25.7 Å². The summed E-state index contributed by atoms with van der Waals surface area (Å²) in [6.45, 7) is 2.04. The van der Waals surface area contributed by atoms with Crippen molar-refractivity contribution in [3.8, 4) is 0 Å². The summed E-state index contributed by atoms with van der Waals surface area (Å²) in [7, 11) is 0. The largest absolute Gasteiger partial charge is 0.309 e. The number of benzene rings is 2. The van der Waals surface area contributed by atoms with Crippen LogP contribution in [0.4, 0.5) is 4.39 Å². The van der Waals surface area contributed by atoms with Crippen molar-refractivity contribution in [3.63, 3.8) is 0 Å². The van der Waals surface area contributed by atoms with Crippen LogP contribution in [-0.4, -0.2) is 5.71 Å². The van der Waals surface area contributed by atoms with E-state index in [4.69, 9.17) is 5.41 Å². The van der Waals surface area contributed by atoms with Gasteiger partial charge in [-0.25, -0.2) is 4.39 Å². The Morgan fingerprint density at radius 3 is 2.53 bits per heavy atom. The maximum absolute atomic E-state index is 13.2. The SMILES string of the molecule is CC(CC(=N)Cc1ccccc1)c1cccc(F)c1. The van der Waals surface area contributed by atoms with Crippen molar-refractivity contribution in [3.05, 3.63) is 71.5 Å². The minimum atomic E-state index is -0.209. The van der Waals surface area contributed by atoms with E-state index < -0.39 is 0 Å². The van der Waals surface area contributed by atoms with Gasteiger partial charge < -0.3 is 5.41 Å². The van der Waals surface area contributed by atoms with Crippen LogP contribution in [0, 0.1) is 11.2 Å². The van der Waals surface area contributed by atoms with Crippen molar-refractivity contribution in [1.82, 2.24) is 0 Å². The third-order valence-electron chi connectivity index (χ3n) is 3.23. The Balaban J connectivity index is 1.95. The second-order valence-electron chi connectivity index (χ2n) is 4.93. The molecule has 0 amide bonds. The Bertz CT molecular complexity index is 548. The molecule has 2 heteroatoms. The molecule has 2 aromatic carbocycles. The Kier molecular flexibility index (Phi) is 4.45. The van der Waals surface area contributed by atoms with Crippen molar-refractivity contribution < 1.29 is 4.39 Å². The predicted molar refractivity (Wildman–Crippen MR) is 77.3 cm³/mol. The Morgan fingerprint density at radius 1 is 1.11 bits per heavy atom. The van der Waals surface area contributed by atoms with Crippen LogP contribution in [0.5, 0.6) is 0 Å². The van der Waals surface area contributed by atoms with E-state index in [0.717, 1.165) is 11.1 Å². The highest BCUT2D eigenvalue weighted by atomic mass is 19.1. The number of halogens is 1. The van der Waals surface area contributed by atoms with Gasteiger partial charge in [-0.15, -0.1) is 0 Å². The third kappa shape index (κ3) is 4.02. The average Bonchev–Trinajstić information content (AvgIpc) is 2.39. The first-order chi connectivity index (χ1) is 9.15. The van der Waals surface area contributed by atoms with Gasteiger partial charge in [0.2, 0.25) is 0 Å². The first kappa shape index (κ1) is 13.5. The lowest BCUT2D eigenvalue weighted by molar-refractivity contribution is 0.622. The molecule has 0 aliphatic rings. The average molecular weight is 255 g/mol. The van der Waals surface area contributed by atoms with Gasteiger partial charge in [0.15, 0.2) is 0 Å². The molecule has 0 aliphatic heterocycles. The lowest BCUT2D eigenvalue weighted by Gasteiger charge is -2.13. The van der Waals surface area contributed by atoms with Crippen LogP contribution in [-0.2, 0) is 6.42 Å². The van der Waals surface area contributed by atoms with Crippen molar-refractivity contribution in [1.29, 1.82) is 5.41 Å². The van der Waals surface area contributed by atoms with Crippen LogP contribution >= 0.6 is 0 Å². The van der Waals surface area contributed by atoms with E-state index >= 15 is 0 Å². The minimum absolute atomic E-state index is 0.173. The topological polar surface area (TPSA) is 23.9 Å². The molecule has 1 unspecified atom stereocenters. The number of hydrogen-bond donors (Lipinski definition) is 1. The van der Waals surface area contributed by atoms with Crippen LogP contribution in [0.15, 0.2) is 54.6 Å². The van der Waals surface area contributed by atoms with Gasteiger partial charge in [0.1, 0.15) is 5.82 Å². The molecule has 98 valence electrons. The summed E-state index contributed by atoms with van der Waals surface area (Å²) in [6, 6.07) is 16.7. The normalized spacial score (nSPS) is 12.1. The first-order valence-corrected chi connectivity index (χ1v) is 6.51. The van der Waals surface area contributed by atoms with E-state index in [-0.39, 0.29) is 11.7 Å². The summed E-state index contributed by atoms with van der Waals surface area (Å²) >= 11 is 0. The molecule has 0 heterocycles. The summed E-state index contributed by atoms with van der Waals surface area (Å²) in [6.07, 6.45) is 1.33. The van der Waals surface area contributed by atoms with E-state index in [2.05, 4.69) is 0 Å². The fraction of sp³-hybridized carbons (Fsp3) is 0.235. The molecule has 0 aliphatic carbocycles. The van der Waals surface area contributed by atoms with Crippen LogP contribution in [0.2, 0.25) is 0 Å². The smallest absolute Gasteiger partial charge is 0.123 e. The van der Waals surface area contributed by atoms with Gasteiger partial charge in [-0.3, -0.25) is 0 Å². The second-order valence-corrected chi connectivity index (χ2v) is 4.93. The fourth-order valence-electron chi connectivity index (χ4n) is 2.21. The van der Waals surface area contributed by atoms with Crippen LogP contribution < -0.4 is 0 Å². The summed E-state index contributed by atoms with van der Waals surface area (Å²) < 4.78 is 13.2. The van der Waals surface area contributed by atoms with E-state index in [1.54, 1.807) is 12.1 Å². The molecule has 0 fully saturated rings. The molecule has 0 bridgehead atoms. The van der Waals surface area contributed by atoms with Gasteiger partial charge >= 0.3 is 0 Å². The molecule has 0 radical (unpaired) electrons. The summed E-state index contributed by atoms with van der Waals surface area (Å²) in [5, 5.41) is 8.07. The summed E-state index contributed by atoms with van der Waals surface area (Å²) in [4.78, 5) is 0. The molecule has 0 spiro atoms. The van der Waals surface area contributed by atoms with E-state index in [9.17, 15) is 4.39 Å². The van der Waals surface area contributed by atoms with Gasteiger partial charge in [0.05, 0.1) is 0 Å². The molecule has 2 aromatic rings. The van der Waals surface area contributed by atoms with Crippen LogP contribution in [0.3, 0.4) is 0 Å². The highest BCUT2D eigenvalue weighted by molar-refractivity contribution is 5.84. The molecule has 0 saturated heterocycles. The molecule has 0 saturated carbocycles. The fourth-order valence-corrected chi connectivity index (χ4v) is 2.21. The van der Waals surface area contributed by atoms with Gasteiger partial charge in [-0.1, -0.05) is 49.4 Å². The zero-order chi connectivity index (χ0) is 13.7. The van der Waals surface area contributed by atoms with E-state index in [1.807, 2.05) is 43.3 Å². The number of rotatable bonds is 5. The molecule has 1 nitrogen and oxygen atoms in total. The van der Waals surface area contributed by atoms with E-state index in [0.29, 0.717) is 18.6 Å². The Labute approximate surface area is 113 Å². The second kappa shape index (κ2) is 6.28. The highest BCUT2D eigenvalue weighted by Crippen LogP contribution is 2.21. The van der Waals surface area contributed by atoms with Gasteiger partial charge in [0.25, 0.3) is 0 Å². The number of hydrogen-bond acceptors (Lipinski definition) is 1. The minimum Gasteiger partial charge on any atom is -0.309 e. The van der Waals surface area contributed by atoms with Gasteiger partial charge in [-0.05, 0) is 35.6 Å². The van der Waals surface area contributed by atoms with Gasteiger partial charge in [0, 0.05) is 12.1 Å². The third-order valence-corrected chi connectivity index (χ3v) is 3.23. The summed E-state index contributed by atoms with van der Waals surface area (Å²) in [5.41, 5.74) is 2.79. The Hall–Kier alpha value is -1.96. The molecule has 1 atom stereocenters. The molecular weight excluding hydrogens is 237 g/mol. The summed E-state index contributed by atoms with van der Waals surface area (Å²) in [5.74, 6) is -0.0362. The Morgan fingerprint density at radius 2 is 1.84 bits per heavy atom. The molecule has 1 N–H and O–H groups in total.